The van der Waals surface area contributed by atoms with Gasteiger partial charge in [-0.05, 0) is 48.0 Å². The van der Waals surface area contributed by atoms with Crippen molar-refractivity contribution >= 4 is 23.5 Å². The predicted molar refractivity (Wildman–Crippen MR) is 88.4 cm³/mol. The fourth-order valence-corrected chi connectivity index (χ4v) is 2.18. The van der Waals surface area contributed by atoms with E-state index < -0.39 is 0 Å². The lowest BCUT2D eigenvalue weighted by Gasteiger charge is -2.02. The molecule has 1 heterocycles. The summed E-state index contributed by atoms with van der Waals surface area (Å²) in [4.78, 5) is 16.1. The molecule has 3 aromatic rings. The number of hydrogen-bond donors (Lipinski definition) is 0. The van der Waals surface area contributed by atoms with E-state index in [0.717, 1.165) is 11.3 Å². The second-order valence-corrected chi connectivity index (χ2v) is 5.20. The number of benzene rings is 2. The Hall–Kier alpha value is -2.65. The molecule has 3 rings (SSSR count). The number of carbonyl (C=O) groups excluding carboxylic acids is 1. The summed E-state index contributed by atoms with van der Waals surface area (Å²) in [6.07, 6.45) is 8.73. The molecule has 0 unspecified atom stereocenters. The monoisotopic (exact) mass is 308 g/mol. The molecule has 22 heavy (non-hydrogen) atoms. The van der Waals surface area contributed by atoms with Crippen LogP contribution in [0.3, 0.4) is 0 Å². The van der Waals surface area contributed by atoms with Gasteiger partial charge in [0.1, 0.15) is 0 Å². The molecule has 0 saturated carbocycles. The standard InChI is InChI=1S/C18H13ClN2O/c19-16-6-4-15(5-7-16)18(22)10-3-14-1-8-17(9-2-14)21-12-11-20-13-21/h1-13H/b10-3+. The first-order valence-corrected chi connectivity index (χ1v) is 7.16. The van der Waals surface area contributed by atoms with Gasteiger partial charge in [0.05, 0.1) is 6.33 Å². The number of nitrogens with zero attached hydrogens (tertiary/aromatic N) is 2. The molecule has 0 atom stereocenters. The number of allylic oxidation sites excluding steroid dienone is 1. The molecule has 0 radical (unpaired) electrons. The van der Waals surface area contributed by atoms with Gasteiger partial charge in [0.25, 0.3) is 0 Å². The van der Waals surface area contributed by atoms with Crippen LogP contribution in [0.2, 0.25) is 5.02 Å². The number of rotatable bonds is 4. The summed E-state index contributed by atoms with van der Waals surface area (Å²) in [5.41, 5.74) is 2.61. The third kappa shape index (κ3) is 3.32. The van der Waals surface area contributed by atoms with E-state index in [4.69, 9.17) is 11.6 Å². The molecule has 0 N–H and O–H groups in total. The minimum atomic E-state index is -0.0460. The van der Waals surface area contributed by atoms with Crippen LogP contribution in [0.25, 0.3) is 11.8 Å². The van der Waals surface area contributed by atoms with E-state index in [1.54, 1.807) is 48.9 Å². The van der Waals surface area contributed by atoms with Crippen molar-refractivity contribution in [2.45, 2.75) is 0 Å². The Morgan fingerprint density at radius 1 is 1.05 bits per heavy atom. The van der Waals surface area contributed by atoms with Crippen LogP contribution in [-0.2, 0) is 0 Å². The molecular weight excluding hydrogens is 296 g/mol. The molecule has 0 aliphatic heterocycles. The van der Waals surface area contributed by atoms with Gasteiger partial charge in [-0.3, -0.25) is 4.79 Å². The summed E-state index contributed by atoms with van der Waals surface area (Å²) in [5.74, 6) is -0.0460. The van der Waals surface area contributed by atoms with Crippen molar-refractivity contribution in [2.24, 2.45) is 0 Å². The van der Waals surface area contributed by atoms with Crippen LogP contribution in [0.15, 0.2) is 73.3 Å². The first-order valence-electron chi connectivity index (χ1n) is 6.79. The zero-order valence-corrected chi connectivity index (χ0v) is 12.4. The van der Waals surface area contributed by atoms with E-state index in [0.29, 0.717) is 10.6 Å². The molecular formula is C18H13ClN2O. The highest BCUT2D eigenvalue weighted by molar-refractivity contribution is 6.30. The van der Waals surface area contributed by atoms with Crippen LogP contribution >= 0.6 is 11.6 Å². The Balaban J connectivity index is 1.72. The molecule has 0 aliphatic carbocycles. The summed E-state index contributed by atoms with van der Waals surface area (Å²) in [6.45, 7) is 0. The number of aromatic nitrogens is 2. The van der Waals surface area contributed by atoms with Gasteiger partial charge in [-0.15, -0.1) is 0 Å². The van der Waals surface area contributed by atoms with Gasteiger partial charge in [0, 0.05) is 28.7 Å². The zero-order valence-electron chi connectivity index (χ0n) is 11.7. The largest absolute Gasteiger partial charge is 0.306 e. The lowest BCUT2D eigenvalue weighted by Crippen LogP contribution is -1.93. The third-order valence-corrected chi connectivity index (χ3v) is 3.50. The smallest absolute Gasteiger partial charge is 0.185 e. The number of ketones is 1. The van der Waals surface area contributed by atoms with Crippen molar-refractivity contribution in [3.63, 3.8) is 0 Å². The van der Waals surface area contributed by atoms with Crippen molar-refractivity contribution < 1.29 is 4.79 Å². The van der Waals surface area contributed by atoms with E-state index in [1.165, 1.54) is 0 Å². The highest BCUT2D eigenvalue weighted by atomic mass is 35.5. The fraction of sp³-hybridized carbons (Fsp3) is 0. The Morgan fingerprint density at radius 2 is 1.77 bits per heavy atom. The van der Waals surface area contributed by atoms with Crippen molar-refractivity contribution in [1.82, 2.24) is 9.55 Å². The van der Waals surface area contributed by atoms with Crippen molar-refractivity contribution in [3.05, 3.63) is 89.5 Å². The van der Waals surface area contributed by atoms with Gasteiger partial charge in [-0.1, -0.05) is 29.8 Å². The molecule has 0 bridgehead atoms. The van der Waals surface area contributed by atoms with Gasteiger partial charge < -0.3 is 4.57 Å². The topological polar surface area (TPSA) is 34.9 Å². The van der Waals surface area contributed by atoms with E-state index in [-0.39, 0.29) is 5.78 Å². The van der Waals surface area contributed by atoms with Crippen molar-refractivity contribution in [3.8, 4) is 5.69 Å². The molecule has 3 nitrogen and oxygen atoms in total. The van der Waals surface area contributed by atoms with Gasteiger partial charge in [0.15, 0.2) is 5.78 Å². The van der Waals surface area contributed by atoms with Crippen molar-refractivity contribution in [1.29, 1.82) is 0 Å². The summed E-state index contributed by atoms with van der Waals surface area (Å²) < 4.78 is 1.92. The number of carbonyl (C=O) groups is 1. The van der Waals surface area contributed by atoms with E-state index in [2.05, 4.69) is 4.98 Å². The van der Waals surface area contributed by atoms with Crippen LogP contribution in [0.5, 0.6) is 0 Å². The Morgan fingerprint density at radius 3 is 2.41 bits per heavy atom. The van der Waals surface area contributed by atoms with Crippen LogP contribution in [0, 0.1) is 0 Å². The van der Waals surface area contributed by atoms with Gasteiger partial charge in [0.2, 0.25) is 0 Å². The SMILES string of the molecule is O=C(/C=C/c1ccc(-n2ccnc2)cc1)c1ccc(Cl)cc1. The van der Waals surface area contributed by atoms with E-state index >= 15 is 0 Å². The highest BCUT2D eigenvalue weighted by Crippen LogP contribution is 2.13. The lowest BCUT2D eigenvalue weighted by molar-refractivity contribution is 0.104. The zero-order chi connectivity index (χ0) is 15.4. The molecule has 0 fully saturated rings. The van der Waals surface area contributed by atoms with Crippen molar-refractivity contribution in [2.75, 3.05) is 0 Å². The van der Waals surface area contributed by atoms with E-state index in [9.17, 15) is 4.79 Å². The van der Waals surface area contributed by atoms with Crippen LogP contribution in [-0.4, -0.2) is 15.3 Å². The molecule has 0 amide bonds. The predicted octanol–water partition coefficient (Wildman–Crippen LogP) is 4.42. The molecule has 4 heteroatoms. The second kappa shape index (κ2) is 6.41. The summed E-state index contributed by atoms with van der Waals surface area (Å²) in [6, 6.07) is 14.7. The van der Waals surface area contributed by atoms with Crippen LogP contribution < -0.4 is 0 Å². The van der Waals surface area contributed by atoms with Gasteiger partial charge in [-0.25, -0.2) is 4.98 Å². The Kier molecular flexibility index (Phi) is 4.17. The number of hydrogen-bond acceptors (Lipinski definition) is 2. The minimum absolute atomic E-state index is 0.0460. The molecule has 0 spiro atoms. The molecule has 0 saturated heterocycles. The maximum absolute atomic E-state index is 12.0. The average Bonchev–Trinajstić information content (AvgIpc) is 3.08. The highest BCUT2D eigenvalue weighted by Gasteiger charge is 2.01. The lowest BCUT2D eigenvalue weighted by atomic mass is 10.1. The molecule has 108 valence electrons. The van der Waals surface area contributed by atoms with Gasteiger partial charge >= 0.3 is 0 Å². The second-order valence-electron chi connectivity index (χ2n) is 4.77. The normalized spacial score (nSPS) is 11.0. The van der Waals surface area contributed by atoms with Crippen LogP contribution in [0.4, 0.5) is 0 Å². The summed E-state index contributed by atoms with van der Waals surface area (Å²) >= 11 is 5.81. The first-order chi connectivity index (χ1) is 10.7. The Bertz CT molecular complexity index is 788. The van der Waals surface area contributed by atoms with Gasteiger partial charge in [-0.2, -0.15) is 0 Å². The average molecular weight is 309 g/mol. The quantitative estimate of drug-likeness (QED) is 0.528. The number of imidazole rings is 1. The maximum atomic E-state index is 12.0. The maximum Gasteiger partial charge on any atom is 0.185 e. The summed E-state index contributed by atoms with van der Waals surface area (Å²) in [7, 11) is 0. The molecule has 1 aromatic heterocycles. The number of halogens is 1. The van der Waals surface area contributed by atoms with E-state index in [1.807, 2.05) is 35.0 Å². The minimum Gasteiger partial charge on any atom is -0.306 e. The Labute approximate surface area is 133 Å². The fourth-order valence-electron chi connectivity index (χ4n) is 2.05. The summed E-state index contributed by atoms with van der Waals surface area (Å²) in [5, 5.41) is 0.621. The van der Waals surface area contributed by atoms with Crippen LogP contribution in [0.1, 0.15) is 15.9 Å². The third-order valence-electron chi connectivity index (χ3n) is 3.25. The first kappa shape index (κ1) is 14.3. The molecule has 0 aliphatic rings. The molecule has 2 aromatic carbocycles.